The van der Waals surface area contributed by atoms with Gasteiger partial charge >= 0.3 is 0 Å². The number of hydrogen-bond donors (Lipinski definition) is 0. The predicted molar refractivity (Wildman–Crippen MR) is 78.2 cm³/mol. The first-order chi connectivity index (χ1) is 9.52. The average Bonchev–Trinajstić information content (AvgIpc) is 2.43. The van der Waals surface area contributed by atoms with Gasteiger partial charge in [0.05, 0.1) is 16.8 Å². The second-order valence-corrected chi connectivity index (χ2v) is 5.85. The molecular weight excluding hydrogens is 272 g/mol. The first kappa shape index (κ1) is 13.3. The highest BCUT2D eigenvalue weighted by Crippen LogP contribution is 2.38. The van der Waals surface area contributed by atoms with Crippen LogP contribution in [0, 0.1) is 6.92 Å². The SMILES string of the molecule is Cc1cc(Cl)nc2c1C(=O)C(C)(c1ccccn1)CC2. The Hall–Kier alpha value is -1.74. The van der Waals surface area contributed by atoms with Crippen LogP contribution in [0.4, 0.5) is 0 Å². The van der Waals surface area contributed by atoms with Crippen LogP contribution >= 0.6 is 11.6 Å². The lowest BCUT2D eigenvalue weighted by molar-refractivity contribution is 0.0870. The minimum absolute atomic E-state index is 0.0964. The summed E-state index contributed by atoms with van der Waals surface area (Å²) in [5.41, 5.74) is 2.67. The molecule has 1 aliphatic carbocycles. The molecule has 0 aliphatic heterocycles. The lowest BCUT2D eigenvalue weighted by Gasteiger charge is -2.33. The van der Waals surface area contributed by atoms with Gasteiger partial charge in [0.2, 0.25) is 0 Å². The average molecular weight is 287 g/mol. The van der Waals surface area contributed by atoms with Gasteiger partial charge in [0, 0.05) is 11.8 Å². The van der Waals surface area contributed by atoms with E-state index in [1.54, 1.807) is 12.3 Å². The van der Waals surface area contributed by atoms with E-state index in [4.69, 9.17) is 11.6 Å². The Morgan fingerprint density at radius 1 is 1.35 bits per heavy atom. The Morgan fingerprint density at radius 2 is 2.15 bits per heavy atom. The number of hydrogen-bond acceptors (Lipinski definition) is 3. The highest BCUT2D eigenvalue weighted by atomic mass is 35.5. The zero-order chi connectivity index (χ0) is 14.3. The van der Waals surface area contributed by atoms with Gasteiger partial charge < -0.3 is 0 Å². The first-order valence-corrected chi connectivity index (χ1v) is 7.02. The Balaban J connectivity index is 2.14. The predicted octanol–water partition coefficient (Wildman–Crippen LogP) is 3.53. The van der Waals surface area contributed by atoms with Crippen molar-refractivity contribution in [3.8, 4) is 0 Å². The number of carbonyl (C=O) groups excluding carboxylic acids is 1. The smallest absolute Gasteiger partial charge is 0.176 e. The topological polar surface area (TPSA) is 42.9 Å². The molecule has 0 amide bonds. The van der Waals surface area contributed by atoms with Gasteiger partial charge in [-0.1, -0.05) is 17.7 Å². The van der Waals surface area contributed by atoms with Gasteiger partial charge in [0.25, 0.3) is 0 Å². The number of fused-ring (bicyclic) bond motifs is 1. The van der Waals surface area contributed by atoms with Crippen molar-refractivity contribution < 1.29 is 4.79 Å². The summed E-state index contributed by atoms with van der Waals surface area (Å²) in [5.74, 6) is 0.0964. The lowest BCUT2D eigenvalue weighted by atomic mass is 9.70. The normalized spacial score (nSPS) is 21.6. The van der Waals surface area contributed by atoms with Crippen molar-refractivity contribution in [1.29, 1.82) is 0 Å². The standard InChI is InChI=1S/C16H15ClN2O/c1-10-9-13(17)19-11-6-7-16(2,15(20)14(10)11)12-5-3-4-8-18-12/h3-5,8-9H,6-7H2,1-2H3. The van der Waals surface area contributed by atoms with Crippen molar-refractivity contribution in [1.82, 2.24) is 9.97 Å². The van der Waals surface area contributed by atoms with E-state index < -0.39 is 5.41 Å². The number of halogens is 1. The van der Waals surface area contributed by atoms with Crippen LogP contribution < -0.4 is 0 Å². The van der Waals surface area contributed by atoms with Gasteiger partial charge in [-0.25, -0.2) is 4.98 Å². The molecule has 2 heterocycles. The van der Waals surface area contributed by atoms with E-state index in [9.17, 15) is 4.79 Å². The zero-order valence-electron chi connectivity index (χ0n) is 11.5. The molecule has 2 aromatic heterocycles. The number of aryl methyl sites for hydroxylation is 2. The zero-order valence-corrected chi connectivity index (χ0v) is 12.2. The lowest BCUT2D eigenvalue weighted by Crippen LogP contribution is -2.39. The fourth-order valence-corrected chi connectivity index (χ4v) is 3.14. The number of nitrogens with zero attached hydrogens (tertiary/aromatic N) is 2. The van der Waals surface area contributed by atoms with E-state index >= 15 is 0 Å². The van der Waals surface area contributed by atoms with Gasteiger partial charge in [-0.15, -0.1) is 0 Å². The fourth-order valence-electron chi connectivity index (χ4n) is 2.88. The molecule has 3 rings (SSSR count). The minimum Gasteiger partial charge on any atom is -0.293 e. The third-order valence-electron chi connectivity index (χ3n) is 4.08. The van der Waals surface area contributed by atoms with E-state index in [1.165, 1.54) is 0 Å². The summed E-state index contributed by atoms with van der Waals surface area (Å²) in [6, 6.07) is 7.45. The van der Waals surface area contributed by atoms with Crippen LogP contribution in [0.15, 0.2) is 30.5 Å². The van der Waals surface area contributed by atoms with Crippen LogP contribution in [0.1, 0.15) is 40.7 Å². The Labute approximate surface area is 123 Å². The quantitative estimate of drug-likeness (QED) is 0.753. The summed E-state index contributed by atoms with van der Waals surface area (Å²) in [6.07, 6.45) is 3.19. The summed E-state index contributed by atoms with van der Waals surface area (Å²) in [7, 11) is 0. The molecule has 102 valence electrons. The molecule has 0 spiro atoms. The monoisotopic (exact) mass is 286 g/mol. The molecule has 1 unspecified atom stereocenters. The molecule has 0 radical (unpaired) electrons. The Morgan fingerprint density at radius 3 is 2.85 bits per heavy atom. The van der Waals surface area contributed by atoms with Crippen LogP contribution in [-0.4, -0.2) is 15.8 Å². The van der Waals surface area contributed by atoms with E-state index in [0.29, 0.717) is 17.1 Å². The van der Waals surface area contributed by atoms with Crippen molar-refractivity contribution in [2.24, 2.45) is 0 Å². The maximum atomic E-state index is 12.9. The molecule has 4 heteroatoms. The van der Waals surface area contributed by atoms with E-state index in [2.05, 4.69) is 9.97 Å². The van der Waals surface area contributed by atoms with Gasteiger partial charge in [0.1, 0.15) is 5.15 Å². The molecule has 20 heavy (non-hydrogen) atoms. The Kier molecular flexibility index (Phi) is 3.09. The van der Waals surface area contributed by atoms with Crippen LogP contribution in [0.25, 0.3) is 0 Å². The van der Waals surface area contributed by atoms with Gasteiger partial charge in [0.15, 0.2) is 5.78 Å². The van der Waals surface area contributed by atoms with E-state index in [0.717, 1.165) is 23.4 Å². The summed E-state index contributed by atoms with van der Waals surface area (Å²) in [6.45, 7) is 3.88. The first-order valence-electron chi connectivity index (χ1n) is 6.65. The van der Waals surface area contributed by atoms with Crippen molar-refractivity contribution in [2.75, 3.05) is 0 Å². The van der Waals surface area contributed by atoms with Gasteiger partial charge in [-0.2, -0.15) is 0 Å². The molecule has 0 saturated heterocycles. The van der Waals surface area contributed by atoms with Crippen molar-refractivity contribution in [2.45, 2.75) is 32.1 Å². The highest BCUT2D eigenvalue weighted by molar-refractivity contribution is 6.29. The third-order valence-corrected chi connectivity index (χ3v) is 4.27. The number of Topliss-reactive ketones (excluding diaryl/α,β-unsaturated/α-hetero) is 1. The van der Waals surface area contributed by atoms with Crippen molar-refractivity contribution in [3.63, 3.8) is 0 Å². The maximum Gasteiger partial charge on any atom is 0.176 e. The van der Waals surface area contributed by atoms with E-state index in [-0.39, 0.29) is 5.78 Å². The van der Waals surface area contributed by atoms with Crippen molar-refractivity contribution in [3.05, 3.63) is 58.1 Å². The molecule has 0 bridgehead atoms. The second-order valence-electron chi connectivity index (χ2n) is 5.46. The minimum atomic E-state index is -0.575. The highest BCUT2D eigenvalue weighted by Gasteiger charge is 2.42. The number of rotatable bonds is 1. The molecule has 3 nitrogen and oxygen atoms in total. The summed E-state index contributed by atoms with van der Waals surface area (Å²) in [4.78, 5) is 21.6. The number of carbonyl (C=O) groups is 1. The maximum absolute atomic E-state index is 12.9. The van der Waals surface area contributed by atoms with E-state index in [1.807, 2.05) is 32.0 Å². The molecule has 2 aromatic rings. The molecule has 0 fully saturated rings. The number of pyridine rings is 2. The van der Waals surface area contributed by atoms with Crippen LogP contribution in [0.5, 0.6) is 0 Å². The molecule has 0 saturated carbocycles. The van der Waals surface area contributed by atoms with Gasteiger partial charge in [-0.3, -0.25) is 9.78 Å². The molecule has 0 N–H and O–H groups in total. The molecule has 0 aromatic carbocycles. The fraction of sp³-hybridized carbons (Fsp3) is 0.312. The number of aromatic nitrogens is 2. The molecular formula is C16H15ClN2O. The van der Waals surface area contributed by atoms with Crippen LogP contribution in [0.2, 0.25) is 5.15 Å². The molecule has 1 atom stereocenters. The summed E-state index contributed by atoms with van der Waals surface area (Å²) >= 11 is 5.98. The number of ketones is 1. The largest absolute Gasteiger partial charge is 0.293 e. The van der Waals surface area contributed by atoms with Crippen molar-refractivity contribution >= 4 is 17.4 Å². The van der Waals surface area contributed by atoms with Crippen LogP contribution in [-0.2, 0) is 11.8 Å². The van der Waals surface area contributed by atoms with Gasteiger partial charge in [-0.05, 0) is 50.5 Å². The Bertz CT molecular complexity index is 684. The molecule has 1 aliphatic rings. The second kappa shape index (κ2) is 4.67. The summed E-state index contributed by atoms with van der Waals surface area (Å²) in [5, 5.41) is 0.454. The third kappa shape index (κ3) is 1.93. The summed E-state index contributed by atoms with van der Waals surface area (Å²) < 4.78 is 0. The van der Waals surface area contributed by atoms with Crippen LogP contribution in [0.3, 0.4) is 0 Å².